The molecule has 3 unspecified atom stereocenters. The fraction of sp³-hybridized carbons (Fsp3) is 0.517. The molecule has 1 fully saturated rings. The smallest absolute Gasteiger partial charge is 0.215 e. The van der Waals surface area contributed by atoms with Crippen LogP contribution in [0.4, 0.5) is 5.82 Å². The Hall–Kier alpha value is -2.97. The predicted octanol–water partition coefficient (Wildman–Crippen LogP) is 4.50. The molecule has 1 aromatic rings. The summed E-state index contributed by atoms with van der Waals surface area (Å²) in [5.74, 6) is 1.41. The molecular weight excluding hydrogens is 502 g/mol. The van der Waals surface area contributed by atoms with E-state index in [2.05, 4.69) is 53.9 Å². The summed E-state index contributed by atoms with van der Waals surface area (Å²) in [6, 6.07) is 1.63. The molecule has 2 heterocycles. The summed E-state index contributed by atoms with van der Waals surface area (Å²) in [6.07, 6.45) is 12.2. The Labute approximate surface area is 231 Å². The molecule has 2 aliphatic rings. The second kappa shape index (κ2) is 14.3. The van der Waals surface area contributed by atoms with Crippen LogP contribution in [0.2, 0.25) is 5.02 Å². The molecule has 3 rings (SSSR count). The van der Waals surface area contributed by atoms with E-state index in [-0.39, 0.29) is 23.9 Å². The van der Waals surface area contributed by atoms with Crippen molar-refractivity contribution in [2.45, 2.75) is 58.0 Å². The highest BCUT2D eigenvalue weighted by molar-refractivity contribution is 6.32. The summed E-state index contributed by atoms with van der Waals surface area (Å²) in [7, 11) is 1.72. The summed E-state index contributed by atoms with van der Waals surface area (Å²) in [4.78, 5) is 37.6. The second-order valence-corrected chi connectivity index (χ2v) is 10.1. The second-order valence-electron chi connectivity index (χ2n) is 9.66. The number of carbonyl (C=O) groups is 2. The van der Waals surface area contributed by atoms with E-state index in [0.29, 0.717) is 61.4 Å². The van der Waals surface area contributed by atoms with Crippen molar-refractivity contribution in [3.05, 3.63) is 58.8 Å². The van der Waals surface area contributed by atoms with E-state index in [1.807, 2.05) is 19.1 Å². The highest BCUT2D eigenvalue weighted by Crippen LogP contribution is 2.37. The Morgan fingerprint density at radius 3 is 2.68 bits per heavy atom. The Kier molecular flexibility index (Phi) is 11.1. The van der Waals surface area contributed by atoms with Crippen LogP contribution in [-0.4, -0.2) is 74.0 Å². The first kappa shape index (κ1) is 29.6. The standard InChI is InChI=1S/C29H40ClN5O3/c1-6-9-13-34(20(4)15-32-18-36)28(31-5)24-14-25(30)26(23-16-38-17-23)33-29(24)35(19-37)27-21(7-2)11-10-12-22(27)8-3/h6,10-12,14,18-21,23,27H,1,7-9,13,15-17H2,2-5H3,(H,32,36)/b31-28+. The molecule has 8 nitrogen and oxygen atoms in total. The minimum absolute atomic E-state index is 0.0767. The van der Waals surface area contributed by atoms with E-state index in [0.717, 1.165) is 24.9 Å². The number of hydrogen-bond donors (Lipinski definition) is 1. The van der Waals surface area contributed by atoms with E-state index < -0.39 is 0 Å². The van der Waals surface area contributed by atoms with E-state index in [1.54, 1.807) is 11.9 Å². The van der Waals surface area contributed by atoms with Gasteiger partial charge in [0.05, 0.1) is 35.5 Å². The molecule has 0 aromatic carbocycles. The van der Waals surface area contributed by atoms with Crippen LogP contribution in [0, 0.1) is 5.92 Å². The fourth-order valence-corrected chi connectivity index (χ4v) is 5.46. The molecule has 1 aromatic heterocycles. The van der Waals surface area contributed by atoms with Gasteiger partial charge in [-0.1, -0.05) is 49.8 Å². The first-order chi connectivity index (χ1) is 18.4. The van der Waals surface area contributed by atoms with Crippen molar-refractivity contribution in [2.75, 3.05) is 38.3 Å². The van der Waals surface area contributed by atoms with Crippen molar-refractivity contribution in [1.29, 1.82) is 0 Å². The lowest BCUT2D eigenvalue weighted by atomic mass is 9.84. The van der Waals surface area contributed by atoms with Crippen molar-refractivity contribution in [1.82, 2.24) is 15.2 Å². The Morgan fingerprint density at radius 1 is 1.37 bits per heavy atom. The minimum Gasteiger partial charge on any atom is -0.380 e. The fourth-order valence-electron chi connectivity index (χ4n) is 5.15. The van der Waals surface area contributed by atoms with Crippen LogP contribution in [0.5, 0.6) is 0 Å². The van der Waals surface area contributed by atoms with Crippen molar-refractivity contribution in [3.8, 4) is 0 Å². The third kappa shape index (κ3) is 6.35. The maximum absolute atomic E-state index is 12.9. The summed E-state index contributed by atoms with van der Waals surface area (Å²) in [5, 5.41) is 3.29. The number of pyridine rings is 1. The topological polar surface area (TPSA) is 87.1 Å². The maximum atomic E-state index is 12.9. The number of amidine groups is 1. The van der Waals surface area contributed by atoms with Crippen LogP contribution in [-0.2, 0) is 14.3 Å². The number of aromatic nitrogens is 1. The van der Waals surface area contributed by atoms with Crippen LogP contribution in [0.1, 0.15) is 57.2 Å². The number of aliphatic imine (C=N–C) groups is 1. The van der Waals surface area contributed by atoms with Crippen molar-refractivity contribution >= 4 is 36.1 Å². The average molecular weight is 542 g/mol. The quantitative estimate of drug-likeness (QED) is 0.162. The van der Waals surface area contributed by atoms with Crippen LogP contribution < -0.4 is 10.2 Å². The van der Waals surface area contributed by atoms with Gasteiger partial charge in [-0.15, -0.1) is 6.58 Å². The van der Waals surface area contributed by atoms with Crippen LogP contribution in [0.3, 0.4) is 0 Å². The van der Waals surface area contributed by atoms with Crippen LogP contribution in [0.25, 0.3) is 0 Å². The predicted molar refractivity (Wildman–Crippen MR) is 154 cm³/mol. The average Bonchev–Trinajstić information content (AvgIpc) is 2.90. The Balaban J connectivity index is 2.21. The van der Waals surface area contributed by atoms with Gasteiger partial charge in [-0.3, -0.25) is 19.5 Å². The van der Waals surface area contributed by atoms with E-state index in [4.69, 9.17) is 21.3 Å². The Bertz CT molecular complexity index is 1080. The minimum atomic E-state index is -0.167. The van der Waals surface area contributed by atoms with Gasteiger partial charge in [-0.25, -0.2) is 4.98 Å². The number of allylic oxidation sites excluding steroid dienone is 2. The van der Waals surface area contributed by atoms with Gasteiger partial charge in [0.15, 0.2) is 0 Å². The number of amides is 2. The normalized spacial score (nSPS) is 20.2. The zero-order chi connectivity index (χ0) is 27.7. The zero-order valence-electron chi connectivity index (χ0n) is 22.9. The van der Waals surface area contributed by atoms with Gasteiger partial charge in [-0.05, 0) is 37.8 Å². The summed E-state index contributed by atoms with van der Waals surface area (Å²) < 4.78 is 5.43. The molecule has 206 valence electrons. The highest BCUT2D eigenvalue weighted by atomic mass is 35.5. The van der Waals surface area contributed by atoms with Gasteiger partial charge in [0.1, 0.15) is 11.7 Å². The molecule has 1 aliphatic heterocycles. The molecule has 1 N–H and O–H groups in total. The largest absolute Gasteiger partial charge is 0.380 e. The zero-order valence-corrected chi connectivity index (χ0v) is 23.7. The van der Waals surface area contributed by atoms with Gasteiger partial charge < -0.3 is 15.0 Å². The van der Waals surface area contributed by atoms with Crippen molar-refractivity contribution < 1.29 is 14.3 Å². The molecule has 0 bridgehead atoms. The highest BCUT2D eigenvalue weighted by Gasteiger charge is 2.35. The molecule has 0 saturated carbocycles. The lowest BCUT2D eigenvalue weighted by Gasteiger charge is -2.39. The van der Waals surface area contributed by atoms with E-state index in [9.17, 15) is 9.59 Å². The number of nitrogens with one attached hydrogen (secondary N) is 1. The third-order valence-electron chi connectivity index (χ3n) is 7.33. The summed E-state index contributed by atoms with van der Waals surface area (Å²) in [5.41, 5.74) is 2.58. The number of rotatable bonds is 14. The monoisotopic (exact) mass is 541 g/mol. The number of hydrogen-bond acceptors (Lipinski definition) is 5. The van der Waals surface area contributed by atoms with Gasteiger partial charge in [-0.2, -0.15) is 0 Å². The van der Waals surface area contributed by atoms with Crippen molar-refractivity contribution in [2.24, 2.45) is 10.9 Å². The number of carbonyl (C=O) groups excluding carboxylic acids is 2. The first-order valence-electron chi connectivity index (χ1n) is 13.4. The molecule has 2 amide bonds. The lowest BCUT2D eigenvalue weighted by Crippen LogP contribution is -2.47. The summed E-state index contributed by atoms with van der Waals surface area (Å²) in [6.45, 7) is 12.3. The molecule has 9 heteroatoms. The third-order valence-corrected chi connectivity index (χ3v) is 7.63. The van der Waals surface area contributed by atoms with Gasteiger partial charge in [0, 0.05) is 38.0 Å². The molecular formula is C29H40ClN5O3. The van der Waals surface area contributed by atoms with Crippen molar-refractivity contribution in [3.63, 3.8) is 0 Å². The number of ether oxygens (including phenoxy) is 1. The van der Waals surface area contributed by atoms with E-state index in [1.165, 1.54) is 5.57 Å². The van der Waals surface area contributed by atoms with Gasteiger partial charge in [0.2, 0.25) is 12.8 Å². The van der Waals surface area contributed by atoms with E-state index >= 15 is 0 Å². The Morgan fingerprint density at radius 2 is 2.13 bits per heavy atom. The molecule has 1 aliphatic carbocycles. The van der Waals surface area contributed by atoms with Crippen LogP contribution in [0.15, 0.2) is 47.5 Å². The molecule has 0 radical (unpaired) electrons. The number of anilines is 1. The van der Waals surface area contributed by atoms with Gasteiger partial charge in [0.25, 0.3) is 0 Å². The molecule has 1 saturated heterocycles. The number of halogens is 1. The lowest BCUT2D eigenvalue weighted by molar-refractivity contribution is -0.110. The molecule has 0 spiro atoms. The first-order valence-corrected chi connectivity index (χ1v) is 13.7. The maximum Gasteiger partial charge on any atom is 0.215 e. The molecule has 38 heavy (non-hydrogen) atoms. The van der Waals surface area contributed by atoms with Crippen LogP contribution >= 0.6 is 11.6 Å². The number of nitrogens with zero attached hydrogens (tertiary/aromatic N) is 4. The SMILES string of the molecule is C=CCCN(/C(=N/C)c1cc(Cl)c(C2COC2)nc1N(C=O)C1C(CC)=CC=CC1CC)C(C)CNC=O. The molecule has 3 atom stereocenters. The van der Waals surface area contributed by atoms with Gasteiger partial charge >= 0.3 is 0 Å². The summed E-state index contributed by atoms with van der Waals surface area (Å²) >= 11 is 6.83.